The van der Waals surface area contributed by atoms with E-state index in [-0.39, 0.29) is 6.61 Å². The second-order valence-corrected chi connectivity index (χ2v) is 2.35. The predicted octanol–water partition coefficient (Wildman–Crippen LogP) is 1.02. The zero-order valence-electron chi connectivity index (χ0n) is 6.54. The average molecular weight is 156 g/mol. The molecular weight excluding hydrogens is 144 g/mol. The van der Waals surface area contributed by atoms with Crippen molar-refractivity contribution in [2.45, 2.75) is 26.4 Å². The number of rotatable bonds is 4. The molecule has 0 fully saturated rings. The zero-order valence-corrected chi connectivity index (χ0v) is 6.54. The van der Waals surface area contributed by atoms with Gasteiger partial charge in [-0.2, -0.15) is 0 Å². The van der Waals surface area contributed by atoms with E-state index < -0.39 is 0 Å². The summed E-state index contributed by atoms with van der Waals surface area (Å²) in [5, 5.41) is 3.81. The quantitative estimate of drug-likeness (QED) is 0.661. The summed E-state index contributed by atoms with van der Waals surface area (Å²) >= 11 is 0. The lowest BCUT2D eigenvalue weighted by molar-refractivity contribution is 0.103. The van der Waals surface area contributed by atoms with Gasteiger partial charge in [-0.3, -0.25) is 4.84 Å². The Morgan fingerprint density at radius 1 is 1.73 bits per heavy atom. The van der Waals surface area contributed by atoms with Crippen molar-refractivity contribution < 1.29 is 9.36 Å². The highest BCUT2D eigenvalue weighted by molar-refractivity contribution is 5.04. The first-order valence-electron chi connectivity index (χ1n) is 3.63. The average Bonchev–Trinajstić information content (AvgIpc) is 2.38. The van der Waals surface area contributed by atoms with Crippen molar-refractivity contribution in [3.63, 3.8) is 0 Å². The number of aryl methyl sites for hydroxylation is 1. The number of aromatic nitrogens is 1. The van der Waals surface area contributed by atoms with Gasteiger partial charge in [0.25, 0.3) is 0 Å². The number of hydrogen-bond acceptors (Lipinski definition) is 4. The topological polar surface area (TPSA) is 61.3 Å². The first-order valence-corrected chi connectivity index (χ1v) is 3.63. The van der Waals surface area contributed by atoms with Gasteiger partial charge < -0.3 is 4.52 Å². The summed E-state index contributed by atoms with van der Waals surface area (Å²) < 4.78 is 4.90. The molecule has 0 radical (unpaired) electrons. The van der Waals surface area contributed by atoms with Crippen LogP contribution in [0.25, 0.3) is 0 Å². The maximum Gasteiger partial charge on any atom is 0.164 e. The van der Waals surface area contributed by atoms with Crippen molar-refractivity contribution in [3.8, 4) is 0 Å². The van der Waals surface area contributed by atoms with Crippen LogP contribution in [0.3, 0.4) is 0 Å². The third-order valence-corrected chi connectivity index (χ3v) is 1.34. The van der Waals surface area contributed by atoms with Crippen LogP contribution in [0.15, 0.2) is 10.6 Å². The van der Waals surface area contributed by atoms with Crippen LogP contribution in [0.1, 0.15) is 24.8 Å². The van der Waals surface area contributed by atoms with E-state index in [0.29, 0.717) is 5.76 Å². The second-order valence-electron chi connectivity index (χ2n) is 2.35. The van der Waals surface area contributed by atoms with Crippen molar-refractivity contribution in [2.75, 3.05) is 0 Å². The first-order chi connectivity index (χ1) is 5.36. The van der Waals surface area contributed by atoms with Crippen molar-refractivity contribution >= 4 is 0 Å². The van der Waals surface area contributed by atoms with E-state index >= 15 is 0 Å². The van der Waals surface area contributed by atoms with Gasteiger partial charge in [0.2, 0.25) is 0 Å². The molecule has 0 aliphatic heterocycles. The maximum atomic E-state index is 4.90. The molecular formula is C7H12N2O2. The van der Waals surface area contributed by atoms with Gasteiger partial charge in [-0.1, -0.05) is 18.5 Å². The summed E-state index contributed by atoms with van der Waals surface area (Å²) in [5.41, 5.74) is 0.958. The van der Waals surface area contributed by atoms with Crippen LogP contribution in [0.4, 0.5) is 0 Å². The fourth-order valence-corrected chi connectivity index (χ4v) is 0.880. The van der Waals surface area contributed by atoms with Gasteiger partial charge in [0.15, 0.2) is 5.76 Å². The lowest BCUT2D eigenvalue weighted by Gasteiger charge is -1.87. The van der Waals surface area contributed by atoms with Gasteiger partial charge in [0, 0.05) is 6.07 Å². The molecule has 11 heavy (non-hydrogen) atoms. The van der Waals surface area contributed by atoms with Gasteiger partial charge in [0.1, 0.15) is 6.61 Å². The highest BCUT2D eigenvalue weighted by atomic mass is 16.6. The summed E-state index contributed by atoms with van der Waals surface area (Å²) in [4.78, 5) is 4.39. The second kappa shape index (κ2) is 4.10. The Morgan fingerprint density at radius 2 is 2.55 bits per heavy atom. The maximum absolute atomic E-state index is 4.90. The molecule has 0 unspecified atom stereocenters. The fraction of sp³-hybridized carbons (Fsp3) is 0.571. The summed E-state index contributed by atoms with van der Waals surface area (Å²) in [7, 11) is 0. The minimum atomic E-state index is 0.288. The molecule has 4 nitrogen and oxygen atoms in total. The van der Waals surface area contributed by atoms with Crippen LogP contribution in [-0.4, -0.2) is 5.16 Å². The number of nitrogens with zero attached hydrogens (tertiary/aromatic N) is 1. The molecule has 1 aromatic rings. The summed E-state index contributed by atoms with van der Waals surface area (Å²) in [5.74, 6) is 5.53. The Kier molecular flexibility index (Phi) is 3.07. The molecule has 4 heteroatoms. The Morgan fingerprint density at radius 3 is 3.18 bits per heavy atom. The molecule has 0 spiro atoms. The molecule has 0 saturated carbocycles. The number of hydrogen-bond donors (Lipinski definition) is 1. The van der Waals surface area contributed by atoms with Crippen LogP contribution < -0.4 is 5.90 Å². The van der Waals surface area contributed by atoms with E-state index in [1.807, 2.05) is 6.07 Å². The molecule has 0 aromatic carbocycles. The number of nitrogens with two attached hydrogens (primary N) is 1. The minimum Gasteiger partial charge on any atom is -0.359 e. The normalized spacial score (nSPS) is 10.4. The molecule has 0 atom stereocenters. The van der Waals surface area contributed by atoms with Crippen LogP contribution in [0.2, 0.25) is 0 Å². The monoisotopic (exact) mass is 156 g/mol. The van der Waals surface area contributed by atoms with E-state index in [1.165, 1.54) is 0 Å². The van der Waals surface area contributed by atoms with Crippen molar-refractivity contribution in [1.82, 2.24) is 5.16 Å². The van der Waals surface area contributed by atoms with Gasteiger partial charge in [0.05, 0.1) is 5.69 Å². The van der Waals surface area contributed by atoms with Gasteiger partial charge in [-0.15, -0.1) is 0 Å². The summed E-state index contributed by atoms with van der Waals surface area (Å²) in [6.45, 7) is 2.38. The zero-order chi connectivity index (χ0) is 8.10. The molecule has 0 amide bonds. The molecule has 0 bridgehead atoms. The predicted molar refractivity (Wildman–Crippen MR) is 39.5 cm³/mol. The van der Waals surface area contributed by atoms with E-state index in [0.717, 1.165) is 18.5 Å². The largest absolute Gasteiger partial charge is 0.359 e. The van der Waals surface area contributed by atoms with E-state index in [1.54, 1.807) is 0 Å². The molecule has 0 saturated heterocycles. The third kappa shape index (κ3) is 2.32. The van der Waals surface area contributed by atoms with Crippen molar-refractivity contribution in [2.24, 2.45) is 5.90 Å². The molecule has 1 rings (SSSR count). The van der Waals surface area contributed by atoms with Crippen LogP contribution in [0, 0.1) is 0 Å². The van der Waals surface area contributed by atoms with Crippen LogP contribution in [0.5, 0.6) is 0 Å². The van der Waals surface area contributed by atoms with E-state index in [9.17, 15) is 0 Å². The highest BCUT2D eigenvalue weighted by Gasteiger charge is 2.01. The van der Waals surface area contributed by atoms with Gasteiger partial charge in [-0.25, -0.2) is 5.90 Å². The highest BCUT2D eigenvalue weighted by Crippen LogP contribution is 2.05. The SMILES string of the molecule is CCCc1cc(CON)on1. The first kappa shape index (κ1) is 8.23. The molecule has 2 N–H and O–H groups in total. The Balaban J connectivity index is 2.51. The standard InChI is InChI=1S/C7H12N2O2/c1-2-3-6-4-7(5-10-8)11-9-6/h4H,2-3,5,8H2,1H3. The Bertz CT molecular complexity index is 189. The van der Waals surface area contributed by atoms with Crippen LogP contribution >= 0.6 is 0 Å². The van der Waals surface area contributed by atoms with Gasteiger partial charge >= 0.3 is 0 Å². The summed E-state index contributed by atoms with van der Waals surface area (Å²) in [6, 6.07) is 1.86. The molecule has 62 valence electrons. The molecule has 1 heterocycles. The molecule has 1 aromatic heterocycles. The Hall–Kier alpha value is -0.870. The van der Waals surface area contributed by atoms with E-state index in [2.05, 4.69) is 16.9 Å². The smallest absolute Gasteiger partial charge is 0.164 e. The fourth-order valence-electron chi connectivity index (χ4n) is 0.880. The molecule has 0 aliphatic rings. The minimum absolute atomic E-state index is 0.288. The third-order valence-electron chi connectivity index (χ3n) is 1.34. The van der Waals surface area contributed by atoms with E-state index in [4.69, 9.17) is 10.4 Å². The van der Waals surface area contributed by atoms with Crippen LogP contribution in [-0.2, 0) is 17.9 Å². The van der Waals surface area contributed by atoms with Gasteiger partial charge in [-0.05, 0) is 6.42 Å². The van der Waals surface area contributed by atoms with Crippen molar-refractivity contribution in [1.29, 1.82) is 0 Å². The lowest BCUT2D eigenvalue weighted by Crippen LogP contribution is -1.97. The summed E-state index contributed by atoms with van der Waals surface area (Å²) in [6.07, 6.45) is 2.00. The lowest BCUT2D eigenvalue weighted by atomic mass is 10.2. The molecule has 0 aliphatic carbocycles. The van der Waals surface area contributed by atoms with Crippen molar-refractivity contribution in [3.05, 3.63) is 17.5 Å². The Labute approximate surface area is 65.3 Å².